The summed E-state index contributed by atoms with van der Waals surface area (Å²) in [7, 11) is 0. The van der Waals surface area contributed by atoms with E-state index in [1.807, 2.05) is 0 Å². The molecule has 0 amide bonds. The summed E-state index contributed by atoms with van der Waals surface area (Å²) >= 11 is 0. The highest BCUT2D eigenvalue weighted by atomic mass is 14.2. The van der Waals surface area contributed by atoms with Gasteiger partial charge in [-0.15, -0.1) is 0 Å². The molecule has 0 aliphatic carbocycles. The van der Waals surface area contributed by atoms with E-state index in [0.29, 0.717) is 0 Å². The van der Waals surface area contributed by atoms with Crippen molar-refractivity contribution in [3.8, 4) is 22.3 Å². The summed E-state index contributed by atoms with van der Waals surface area (Å²) in [5, 5.41) is 15.5. The zero-order valence-corrected chi connectivity index (χ0v) is 29.9. The number of benzene rings is 10. The largest absolute Gasteiger partial charge is 0.0616 e. The second kappa shape index (κ2) is 12.8. The SMILES string of the molecule is CC(C)(C)c1ccc2cc3ccccc3cc2c1.c1ccc2cc(-c3c4ccccc4c(-c4ccc5ccccc5c4)c4ccccc34)ccc2c1. The second-order valence-electron chi connectivity index (χ2n) is 15.0. The lowest BCUT2D eigenvalue weighted by Gasteiger charge is -2.19. The Morgan fingerprint density at radius 1 is 0.269 bits per heavy atom. The average molecular weight is 665 g/mol. The first-order valence-corrected chi connectivity index (χ1v) is 18.3. The van der Waals surface area contributed by atoms with Crippen LogP contribution in [0.5, 0.6) is 0 Å². The third-order valence-corrected chi connectivity index (χ3v) is 10.6. The molecule has 0 spiro atoms. The lowest BCUT2D eigenvalue weighted by molar-refractivity contribution is 0.591. The lowest BCUT2D eigenvalue weighted by atomic mass is 9.85. The smallest absolute Gasteiger partial charge is 0.00262 e. The van der Waals surface area contributed by atoms with E-state index >= 15 is 0 Å². The van der Waals surface area contributed by atoms with Crippen LogP contribution in [0.2, 0.25) is 0 Å². The second-order valence-corrected chi connectivity index (χ2v) is 15.0. The molecule has 52 heavy (non-hydrogen) atoms. The third-order valence-electron chi connectivity index (χ3n) is 10.6. The standard InChI is InChI=1S/C34H22.C18H18/c1-3-11-25-21-27(19-17-23(25)9-1)33-29-13-5-7-15-31(29)34(32-16-8-6-14-30(32)33)28-20-18-24-10-2-4-12-26(24)22-28;1-18(2,3)17-9-8-15-10-13-6-4-5-7-14(13)11-16(15)12-17/h1-22H;4-12H,1-3H3. The van der Waals surface area contributed by atoms with Gasteiger partial charge in [-0.2, -0.15) is 0 Å². The normalized spacial score (nSPS) is 11.8. The van der Waals surface area contributed by atoms with E-state index in [9.17, 15) is 0 Å². The fourth-order valence-electron chi connectivity index (χ4n) is 7.85. The molecular weight excluding hydrogens is 625 g/mol. The summed E-state index contributed by atoms with van der Waals surface area (Å²) in [6, 6.07) is 68.5. The summed E-state index contributed by atoms with van der Waals surface area (Å²) in [5.74, 6) is 0. The zero-order chi connectivity index (χ0) is 35.2. The van der Waals surface area contributed by atoms with E-state index in [4.69, 9.17) is 0 Å². The van der Waals surface area contributed by atoms with Crippen molar-refractivity contribution in [3.63, 3.8) is 0 Å². The predicted molar refractivity (Wildman–Crippen MR) is 227 cm³/mol. The van der Waals surface area contributed by atoms with Crippen LogP contribution in [0.15, 0.2) is 188 Å². The fourth-order valence-corrected chi connectivity index (χ4v) is 7.85. The summed E-state index contributed by atoms with van der Waals surface area (Å²) in [6.07, 6.45) is 0. The molecule has 10 aromatic rings. The Labute approximate surface area is 305 Å². The van der Waals surface area contributed by atoms with Crippen LogP contribution >= 0.6 is 0 Å². The highest BCUT2D eigenvalue weighted by Gasteiger charge is 2.17. The van der Waals surface area contributed by atoms with Crippen LogP contribution in [-0.4, -0.2) is 0 Å². The highest BCUT2D eigenvalue weighted by molar-refractivity contribution is 6.22. The van der Waals surface area contributed by atoms with Gasteiger partial charge in [-0.05, 0) is 122 Å². The van der Waals surface area contributed by atoms with E-state index in [1.54, 1.807) is 0 Å². The molecule has 0 heteroatoms. The van der Waals surface area contributed by atoms with Crippen molar-refractivity contribution in [1.82, 2.24) is 0 Å². The molecule has 0 bridgehead atoms. The number of hydrogen-bond donors (Lipinski definition) is 0. The van der Waals surface area contributed by atoms with Gasteiger partial charge in [0.2, 0.25) is 0 Å². The quantitative estimate of drug-likeness (QED) is 0.161. The molecule has 0 N–H and O–H groups in total. The van der Waals surface area contributed by atoms with Crippen LogP contribution in [0.4, 0.5) is 0 Å². The van der Waals surface area contributed by atoms with Crippen LogP contribution in [-0.2, 0) is 5.41 Å². The van der Waals surface area contributed by atoms with Gasteiger partial charge in [-0.1, -0.05) is 185 Å². The molecule has 0 saturated heterocycles. The first-order valence-electron chi connectivity index (χ1n) is 18.3. The summed E-state index contributed by atoms with van der Waals surface area (Å²) in [4.78, 5) is 0. The van der Waals surface area contributed by atoms with E-state index < -0.39 is 0 Å². The van der Waals surface area contributed by atoms with Crippen LogP contribution < -0.4 is 0 Å². The number of fused-ring (bicyclic) bond motifs is 6. The first-order chi connectivity index (χ1) is 25.4. The molecular formula is C52H40. The van der Waals surface area contributed by atoms with Crippen molar-refractivity contribution < 1.29 is 0 Å². The van der Waals surface area contributed by atoms with Crippen molar-refractivity contribution in [2.24, 2.45) is 0 Å². The molecule has 0 radical (unpaired) electrons. The van der Waals surface area contributed by atoms with Crippen LogP contribution in [0.1, 0.15) is 26.3 Å². The highest BCUT2D eigenvalue weighted by Crippen LogP contribution is 2.44. The Bertz CT molecular complexity index is 2740. The molecule has 0 heterocycles. The van der Waals surface area contributed by atoms with Gasteiger partial charge < -0.3 is 0 Å². The maximum atomic E-state index is 2.33. The van der Waals surface area contributed by atoms with Crippen LogP contribution in [0, 0.1) is 0 Å². The van der Waals surface area contributed by atoms with Gasteiger partial charge in [0.05, 0.1) is 0 Å². The van der Waals surface area contributed by atoms with Gasteiger partial charge >= 0.3 is 0 Å². The molecule has 0 aliphatic heterocycles. The maximum Gasteiger partial charge on any atom is -0.00262 e. The number of rotatable bonds is 2. The minimum Gasteiger partial charge on any atom is -0.0616 e. The Morgan fingerprint density at radius 3 is 1.02 bits per heavy atom. The fraction of sp³-hybridized carbons (Fsp3) is 0.0769. The summed E-state index contributed by atoms with van der Waals surface area (Å²) in [5.41, 5.74) is 6.74. The van der Waals surface area contributed by atoms with Crippen molar-refractivity contribution in [3.05, 3.63) is 194 Å². The monoisotopic (exact) mass is 664 g/mol. The van der Waals surface area contributed by atoms with Crippen molar-refractivity contribution >= 4 is 64.6 Å². The van der Waals surface area contributed by atoms with Crippen LogP contribution in [0.3, 0.4) is 0 Å². The Hall–Kier alpha value is -6.24. The average Bonchev–Trinajstić information content (AvgIpc) is 3.18. The molecule has 0 aromatic heterocycles. The molecule has 0 unspecified atom stereocenters. The molecule has 0 saturated carbocycles. The third kappa shape index (κ3) is 5.77. The van der Waals surface area contributed by atoms with Crippen molar-refractivity contribution in [2.75, 3.05) is 0 Å². The molecule has 248 valence electrons. The summed E-state index contributed by atoms with van der Waals surface area (Å²) in [6.45, 7) is 6.78. The van der Waals surface area contributed by atoms with Gasteiger partial charge in [-0.25, -0.2) is 0 Å². The van der Waals surface area contributed by atoms with E-state index in [-0.39, 0.29) is 5.41 Å². The van der Waals surface area contributed by atoms with Gasteiger partial charge in [0.15, 0.2) is 0 Å². The maximum absolute atomic E-state index is 2.33. The van der Waals surface area contributed by atoms with E-state index in [2.05, 4.69) is 209 Å². The summed E-state index contributed by atoms with van der Waals surface area (Å²) < 4.78 is 0. The molecule has 10 rings (SSSR count). The van der Waals surface area contributed by atoms with E-state index in [0.717, 1.165) is 0 Å². The number of hydrogen-bond acceptors (Lipinski definition) is 0. The molecule has 10 aromatic carbocycles. The Kier molecular flexibility index (Phi) is 7.82. The minimum atomic E-state index is 0.208. The minimum absolute atomic E-state index is 0.208. The molecule has 0 aliphatic rings. The zero-order valence-electron chi connectivity index (χ0n) is 29.9. The van der Waals surface area contributed by atoms with Gasteiger partial charge in [0.1, 0.15) is 0 Å². The van der Waals surface area contributed by atoms with Crippen LogP contribution in [0.25, 0.3) is 86.9 Å². The van der Waals surface area contributed by atoms with Crippen molar-refractivity contribution in [1.29, 1.82) is 0 Å². The topological polar surface area (TPSA) is 0 Å². The van der Waals surface area contributed by atoms with Crippen molar-refractivity contribution in [2.45, 2.75) is 26.2 Å². The Morgan fingerprint density at radius 2 is 0.596 bits per heavy atom. The van der Waals surface area contributed by atoms with Gasteiger partial charge in [-0.3, -0.25) is 0 Å². The van der Waals surface area contributed by atoms with Gasteiger partial charge in [0, 0.05) is 0 Å². The molecule has 0 atom stereocenters. The van der Waals surface area contributed by atoms with E-state index in [1.165, 1.54) is 92.5 Å². The molecule has 0 nitrogen and oxygen atoms in total. The lowest BCUT2D eigenvalue weighted by Crippen LogP contribution is -2.10. The molecule has 0 fully saturated rings. The predicted octanol–water partition coefficient (Wildman–Crippen LogP) is 14.9. The van der Waals surface area contributed by atoms with Gasteiger partial charge in [0.25, 0.3) is 0 Å². The Balaban J connectivity index is 0.000000169. The first kappa shape index (κ1) is 31.7.